The molecule has 29 heavy (non-hydrogen) atoms. The molecule has 2 aromatic heterocycles. The molecule has 2 heterocycles. The number of benzene rings is 2. The minimum Gasteiger partial charge on any atom is -0.351 e. The Labute approximate surface area is 178 Å². The van der Waals surface area contributed by atoms with Gasteiger partial charge in [0, 0.05) is 22.7 Å². The molecule has 1 N–H and O–H groups in total. The van der Waals surface area contributed by atoms with E-state index in [4.69, 9.17) is 11.6 Å². The second kappa shape index (κ2) is 8.68. The minimum atomic E-state index is -0.208. The molecule has 1 atom stereocenters. The van der Waals surface area contributed by atoms with Gasteiger partial charge in [-0.1, -0.05) is 29.8 Å². The zero-order chi connectivity index (χ0) is 20.2. The van der Waals surface area contributed by atoms with Gasteiger partial charge in [0.25, 0.3) is 0 Å². The Kier molecular flexibility index (Phi) is 5.83. The molecular formula is C22H19ClN4OS. The molecule has 4 aromatic rings. The molecule has 0 fully saturated rings. The lowest BCUT2D eigenvalue weighted by atomic mass is 10.2. The van der Waals surface area contributed by atoms with Gasteiger partial charge in [-0.2, -0.15) is 0 Å². The zero-order valence-corrected chi connectivity index (χ0v) is 17.3. The van der Waals surface area contributed by atoms with Crippen molar-refractivity contribution in [2.45, 2.75) is 23.6 Å². The van der Waals surface area contributed by atoms with E-state index in [2.05, 4.69) is 15.3 Å². The average Bonchev–Trinajstić information content (AvgIpc) is 3.18. The number of nitrogens with zero attached hydrogens (tertiary/aromatic N) is 3. The number of carbonyl (C=O) groups excluding carboxylic acids is 1. The van der Waals surface area contributed by atoms with Crippen molar-refractivity contribution in [2.24, 2.45) is 0 Å². The van der Waals surface area contributed by atoms with E-state index in [-0.39, 0.29) is 11.2 Å². The van der Waals surface area contributed by atoms with Gasteiger partial charge in [0.15, 0.2) is 0 Å². The van der Waals surface area contributed by atoms with Crippen LogP contribution in [0.4, 0.5) is 0 Å². The number of carbonyl (C=O) groups is 1. The first kappa shape index (κ1) is 19.5. The van der Waals surface area contributed by atoms with E-state index in [0.29, 0.717) is 11.6 Å². The third kappa shape index (κ3) is 4.60. The SMILES string of the molecule is CC(Sc1ccc(Cl)cc1)C(=O)NCc1ccc(-n2cnc3ccccc32)nc1. The van der Waals surface area contributed by atoms with Crippen molar-refractivity contribution < 1.29 is 4.79 Å². The fourth-order valence-electron chi connectivity index (χ4n) is 2.91. The van der Waals surface area contributed by atoms with E-state index in [1.165, 1.54) is 11.8 Å². The van der Waals surface area contributed by atoms with Gasteiger partial charge in [0.1, 0.15) is 12.1 Å². The van der Waals surface area contributed by atoms with E-state index in [9.17, 15) is 4.79 Å². The van der Waals surface area contributed by atoms with Gasteiger partial charge >= 0.3 is 0 Å². The maximum atomic E-state index is 12.4. The van der Waals surface area contributed by atoms with Gasteiger partial charge in [-0.05, 0) is 55.0 Å². The second-order valence-corrected chi connectivity index (χ2v) is 8.41. The van der Waals surface area contributed by atoms with E-state index in [1.807, 2.05) is 72.2 Å². The first-order valence-corrected chi connectivity index (χ1v) is 10.4. The maximum Gasteiger partial charge on any atom is 0.233 e. The fourth-order valence-corrected chi connectivity index (χ4v) is 3.93. The van der Waals surface area contributed by atoms with E-state index < -0.39 is 0 Å². The van der Waals surface area contributed by atoms with E-state index in [1.54, 1.807) is 12.5 Å². The Balaban J connectivity index is 1.36. The molecule has 146 valence electrons. The summed E-state index contributed by atoms with van der Waals surface area (Å²) >= 11 is 7.40. The number of hydrogen-bond acceptors (Lipinski definition) is 4. The molecule has 0 aliphatic heterocycles. The van der Waals surface area contributed by atoms with Crippen LogP contribution in [-0.4, -0.2) is 25.7 Å². The summed E-state index contributed by atoms with van der Waals surface area (Å²) < 4.78 is 1.95. The van der Waals surface area contributed by atoms with Crippen LogP contribution in [0, 0.1) is 0 Å². The summed E-state index contributed by atoms with van der Waals surface area (Å²) in [5, 5.41) is 3.45. The highest BCUT2D eigenvalue weighted by Gasteiger charge is 2.14. The Morgan fingerprint density at radius 3 is 2.66 bits per heavy atom. The van der Waals surface area contributed by atoms with Gasteiger partial charge in [-0.25, -0.2) is 9.97 Å². The predicted octanol–water partition coefficient (Wildman–Crippen LogP) is 4.87. The molecule has 0 spiro atoms. The highest BCUT2D eigenvalue weighted by molar-refractivity contribution is 8.00. The van der Waals surface area contributed by atoms with Gasteiger partial charge in [-0.3, -0.25) is 9.36 Å². The topological polar surface area (TPSA) is 59.8 Å². The number of hydrogen-bond donors (Lipinski definition) is 1. The van der Waals surface area contributed by atoms with Crippen LogP contribution in [0.3, 0.4) is 0 Å². The number of amides is 1. The molecule has 0 aliphatic carbocycles. The van der Waals surface area contributed by atoms with Crippen LogP contribution >= 0.6 is 23.4 Å². The molecule has 0 bridgehead atoms. The van der Waals surface area contributed by atoms with Crippen molar-refractivity contribution in [3.63, 3.8) is 0 Å². The summed E-state index contributed by atoms with van der Waals surface area (Å²) in [4.78, 5) is 22.3. The Morgan fingerprint density at radius 2 is 1.90 bits per heavy atom. The van der Waals surface area contributed by atoms with Gasteiger partial charge in [-0.15, -0.1) is 11.8 Å². The van der Waals surface area contributed by atoms with E-state index >= 15 is 0 Å². The van der Waals surface area contributed by atoms with Crippen molar-refractivity contribution in [2.75, 3.05) is 0 Å². The standard InChI is InChI=1S/C22H19ClN4OS/c1-15(29-18-9-7-17(23)8-10-18)22(28)25-13-16-6-11-21(24-12-16)27-14-26-19-4-2-3-5-20(19)27/h2-12,14-15H,13H2,1H3,(H,25,28). The van der Waals surface area contributed by atoms with Crippen molar-refractivity contribution in [3.05, 3.63) is 83.8 Å². The van der Waals surface area contributed by atoms with Crippen molar-refractivity contribution in [1.29, 1.82) is 0 Å². The Bertz CT molecular complexity index is 1130. The first-order chi connectivity index (χ1) is 14.1. The number of aromatic nitrogens is 3. The summed E-state index contributed by atoms with van der Waals surface area (Å²) in [5.41, 5.74) is 2.88. The smallest absolute Gasteiger partial charge is 0.233 e. The third-order valence-electron chi connectivity index (χ3n) is 4.47. The Hall–Kier alpha value is -2.83. The van der Waals surface area contributed by atoms with Crippen LogP contribution in [0.15, 0.2) is 78.1 Å². The fraction of sp³-hybridized carbons (Fsp3) is 0.136. The van der Waals surface area contributed by atoms with Crippen LogP contribution < -0.4 is 5.32 Å². The zero-order valence-electron chi connectivity index (χ0n) is 15.7. The number of rotatable bonds is 6. The lowest BCUT2D eigenvalue weighted by Gasteiger charge is -2.12. The highest BCUT2D eigenvalue weighted by Crippen LogP contribution is 2.24. The van der Waals surface area contributed by atoms with Crippen molar-refractivity contribution >= 4 is 40.3 Å². The monoisotopic (exact) mass is 422 g/mol. The molecule has 7 heteroatoms. The molecule has 0 aliphatic rings. The number of thioether (sulfide) groups is 1. The molecular weight excluding hydrogens is 404 g/mol. The van der Waals surface area contributed by atoms with Crippen LogP contribution in [0.2, 0.25) is 5.02 Å². The summed E-state index contributed by atoms with van der Waals surface area (Å²) in [6, 6.07) is 19.3. The third-order valence-corrected chi connectivity index (χ3v) is 5.84. The van der Waals surface area contributed by atoms with Crippen molar-refractivity contribution in [3.8, 4) is 5.82 Å². The average molecular weight is 423 g/mol. The molecule has 5 nitrogen and oxygen atoms in total. The lowest BCUT2D eigenvalue weighted by Crippen LogP contribution is -2.30. The maximum absolute atomic E-state index is 12.4. The van der Waals surface area contributed by atoms with Gasteiger partial charge in [0.05, 0.1) is 16.3 Å². The molecule has 0 radical (unpaired) electrons. The summed E-state index contributed by atoms with van der Waals surface area (Å²) in [6.07, 6.45) is 3.55. The summed E-state index contributed by atoms with van der Waals surface area (Å²) in [6.45, 7) is 2.32. The first-order valence-electron chi connectivity index (χ1n) is 9.17. The van der Waals surface area contributed by atoms with Gasteiger partial charge in [0.2, 0.25) is 5.91 Å². The number of pyridine rings is 1. The van der Waals surface area contributed by atoms with Gasteiger partial charge < -0.3 is 5.32 Å². The molecule has 1 unspecified atom stereocenters. The summed E-state index contributed by atoms with van der Waals surface area (Å²) in [5.74, 6) is 0.773. The molecule has 0 saturated heterocycles. The molecule has 4 rings (SSSR count). The minimum absolute atomic E-state index is 0.0189. The van der Waals surface area contributed by atoms with Crippen LogP contribution in [0.25, 0.3) is 16.9 Å². The van der Waals surface area contributed by atoms with Crippen LogP contribution in [0.1, 0.15) is 12.5 Å². The number of nitrogens with one attached hydrogen (secondary N) is 1. The predicted molar refractivity (Wildman–Crippen MR) is 117 cm³/mol. The number of para-hydroxylation sites is 2. The van der Waals surface area contributed by atoms with Crippen molar-refractivity contribution in [1.82, 2.24) is 19.9 Å². The highest BCUT2D eigenvalue weighted by atomic mass is 35.5. The number of halogens is 1. The second-order valence-electron chi connectivity index (χ2n) is 6.56. The largest absolute Gasteiger partial charge is 0.351 e. The quantitative estimate of drug-likeness (QED) is 0.450. The van der Waals surface area contributed by atoms with E-state index in [0.717, 1.165) is 27.3 Å². The lowest BCUT2D eigenvalue weighted by molar-refractivity contribution is -0.120. The molecule has 1 amide bonds. The molecule has 2 aromatic carbocycles. The normalized spacial score (nSPS) is 12.1. The number of fused-ring (bicyclic) bond motifs is 1. The van der Waals surface area contributed by atoms with Crippen LogP contribution in [0.5, 0.6) is 0 Å². The number of imidazole rings is 1. The molecule has 0 saturated carbocycles. The summed E-state index contributed by atoms with van der Waals surface area (Å²) in [7, 11) is 0. The Morgan fingerprint density at radius 1 is 1.10 bits per heavy atom. The van der Waals surface area contributed by atoms with Crippen LogP contribution in [-0.2, 0) is 11.3 Å².